The van der Waals surface area contributed by atoms with Gasteiger partial charge in [0.25, 0.3) is 0 Å². The smallest absolute Gasteiger partial charge is 0.0222 e. The first-order valence-electron chi connectivity index (χ1n) is 6.96. The third kappa shape index (κ3) is 2.75. The zero-order chi connectivity index (χ0) is 13.3. The van der Waals surface area contributed by atoms with E-state index in [-0.39, 0.29) is 0 Å². The van der Waals surface area contributed by atoms with Crippen LogP contribution in [-0.4, -0.2) is 0 Å². The molecule has 0 aliphatic heterocycles. The average Bonchev–Trinajstić information content (AvgIpc) is 2.28. The van der Waals surface area contributed by atoms with Crippen LogP contribution in [0.3, 0.4) is 0 Å². The summed E-state index contributed by atoms with van der Waals surface area (Å²) in [7, 11) is 0. The van der Waals surface area contributed by atoms with Crippen molar-refractivity contribution in [1.82, 2.24) is 0 Å². The Morgan fingerprint density at radius 2 is 1.89 bits per heavy atom. The second-order valence-electron chi connectivity index (χ2n) is 6.00. The number of aryl methyl sites for hydroxylation is 2. The Morgan fingerprint density at radius 3 is 2.50 bits per heavy atom. The van der Waals surface area contributed by atoms with Crippen molar-refractivity contribution >= 4 is 12.2 Å². The summed E-state index contributed by atoms with van der Waals surface area (Å²) in [6, 6.07) is 4.73. The summed E-state index contributed by atoms with van der Waals surface area (Å²) < 4.78 is 0. The van der Waals surface area contributed by atoms with Crippen LogP contribution in [0.2, 0.25) is 0 Å². The summed E-state index contributed by atoms with van der Waals surface area (Å²) in [4.78, 5) is 0. The van der Waals surface area contributed by atoms with E-state index >= 15 is 0 Å². The van der Waals surface area contributed by atoms with Gasteiger partial charge in [0.2, 0.25) is 0 Å². The first kappa shape index (κ1) is 13.1. The van der Waals surface area contributed by atoms with Crippen LogP contribution in [0, 0.1) is 12.8 Å². The van der Waals surface area contributed by atoms with Crippen molar-refractivity contribution in [1.29, 1.82) is 0 Å². The fraction of sp³-hybridized carbons (Fsp3) is 0.444. The molecule has 0 heterocycles. The van der Waals surface area contributed by atoms with Gasteiger partial charge < -0.3 is 0 Å². The van der Waals surface area contributed by atoms with Crippen LogP contribution < -0.4 is 0 Å². The number of rotatable bonds is 2. The molecule has 0 fully saturated rings. The van der Waals surface area contributed by atoms with Crippen LogP contribution in [0.1, 0.15) is 56.4 Å². The molecule has 96 valence electrons. The highest BCUT2D eigenvalue weighted by atomic mass is 14.2. The first-order chi connectivity index (χ1) is 8.47. The monoisotopic (exact) mass is 240 g/mol. The SMILES string of the molecule is CC(C)=Cc1cc2c(cc1C)C=C(C(C)C)CC2. The number of benzene rings is 1. The van der Waals surface area contributed by atoms with Gasteiger partial charge in [-0.15, -0.1) is 0 Å². The summed E-state index contributed by atoms with van der Waals surface area (Å²) in [5, 5.41) is 0. The predicted octanol–water partition coefficient (Wildman–Crippen LogP) is 5.40. The van der Waals surface area contributed by atoms with E-state index in [9.17, 15) is 0 Å². The number of allylic oxidation sites excluding steroid dienone is 2. The van der Waals surface area contributed by atoms with Crippen LogP contribution in [0.25, 0.3) is 12.2 Å². The molecule has 18 heavy (non-hydrogen) atoms. The molecule has 0 bridgehead atoms. The van der Waals surface area contributed by atoms with Gasteiger partial charge in [-0.25, -0.2) is 0 Å². The standard InChI is InChI=1S/C18H24/c1-12(2)8-17-11-16-7-6-15(13(3)4)10-18(16)9-14(17)5/h8-11,13H,6-7H2,1-5H3. The molecule has 0 spiro atoms. The van der Waals surface area contributed by atoms with Crippen molar-refractivity contribution in [2.45, 2.75) is 47.5 Å². The zero-order valence-electron chi connectivity index (χ0n) is 12.3. The third-order valence-electron chi connectivity index (χ3n) is 3.74. The minimum atomic E-state index is 0.677. The molecule has 0 nitrogen and oxygen atoms in total. The van der Waals surface area contributed by atoms with Gasteiger partial charge in [0, 0.05) is 0 Å². The van der Waals surface area contributed by atoms with Gasteiger partial charge in [0.05, 0.1) is 0 Å². The summed E-state index contributed by atoms with van der Waals surface area (Å²) in [6.07, 6.45) is 7.12. The van der Waals surface area contributed by atoms with Gasteiger partial charge in [0.15, 0.2) is 0 Å². The molecule has 0 saturated heterocycles. The van der Waals surface area contributed by atoms with Gasteiger partial charge in [-0.2, -0.15) is 0 Å². The molecular weight excluding hydrogens is 216 g/mol. The van der Waals surface area contributed by atoms with E-state index in [0.29, 0.717) is 5.92 Å². The number of hydrogen-bond acceptors (Lipinski definition) is 0. The van der Waals surface area contributed by atoms with Crippen LogP contribution in [0.5, 0.6) is 0 Å². The second-order valence-corrected chi connectivity index (χ2v) is 6.00. The third-order valence-corrected chi connectivity index (χ3v) is 3.74. The van der Waals surface area contributed by atoms with E-state index in [1.807, 2.05) is 0 Å². The van der Waals surface area contributed by atoms with Crippen molar-refractivity contribution in [2.75, 3.05) is 0 Å². The van der Waals surface area contributed by atoms with Crippen LogP contribution in [-0.2, 0) is 6.42 Å². The molecule has 0 amide bonds. The van der Waals surface area contributed by atoms with Crippen molar-refractivity contribution in [3.8, 4) is 0 Å². The molecule has 1 aliphatic rings. The van der Waals surface area contributed by atoms with Crippen molar-refractivity contribution < 1.29 is 0 Å². The molecule has 0 saturated carbocycles. The van der Waals surface area contributed by atoms with E-state index in [1.165, 1.54) is 40.7 Å². The van der Waals surface area contributed by atoms with Crippen molar-refractivity contribution in [3.05, 3.63) is 45.5 Å². The van der Waals surface area contributed by atoms with Gasteiger partial charge >= 0.3 is 0 Å². The van der Waals surface area contributed by atoms with Crippen molar-refractivity contribution in [3.63, 3.8) is 0 Å². The lowest BCUT2D eigenvalue weighted by Gasteiger charge is -2.20. The maximum absolute atomic E-state index is 2.41. The fourth-order valence-electron chi connectivity index (χ4n) is 2.62. The lowest BCUT2D eigenvalue weighted by atomic mass is 9.85. The molecule has 1 aromatic rings. The molecule has 0 aromatic heterocycles. The second kappa shape index (κ2) is 5.14. The summed E-state index contributed by atoms with van der Waals surface area (Å²) in [6.45, 7) is 11.1. The molecule has 2 rings (SSSR count). The molecule has 0 radical (unpaired) electrons. The largest absolute Gasteiger partial charge is 0.0758 e. The topological polar surface area (TPSA) is 0 Å². The maximum Gasteiger partial charge on any atom is -0.0222 e. The average molecular weight is 240 g/mol. The van der Waals surface area contributed by atoms with E-state index in [2.05, 4.69) is 58.9 Å². The maximum atomic E-state index is 2.41. The van der Waals surface area contributed by atoms with Gasteiger partial charge in [-0.05, 0) is 61.8 Å². The minimum absolute atomic E-state index is 0.677. The Kier molecular flexibility index (Phi) is 3.75. The first-order valence-corrected chi connectivity index (χ1v) is 6.96. The highest BCUT2D eigenvalue weighted by Crippen LogP contribution is 2.30. The lowest BCUT2D eigenvalue weighted by molar-refractivity contribution is 0.709. The Hall–Kier alpha value is -1.30. The highest BCUT2D eigenvalue weighted by molar-refractivity contribution is 5.66. The van der Waals surface area contributed by atoms with Gasteiger partial charge in [-0.1, -0.05) is 49.3 Å². The van der Waals surface area contributed by atoms with E-state index in [0.717, 1.165) is 0 Å². The molecule has 0 N–H and O–H groups in total. The molecule has 1 aromatic carbocycles. The Balaban J connectivity index is 2.45. The fourth-order valence-corrected chi connectivity index (χ4v) is 2.62. The van der Waals surface area contributed by atoms with E-state index in [1.54, 1.807) is 5.57 Å². The normalized spacial score (nSPS) is 14.2. The zero-order valence-corrected chi connectivity index (χ0v) is 12.3. The molecule has 0 unspecified atom stereocenters. The summed E-state index contributed by atoms with van der Waals surface area (Å²) >= 11 is 0. The van der Waals surface area contributed by atoms with E-state index < -0.39 is 0 Å². The number of fused-ring (bicyclic) bond motifs is 1. The summed E-state index contributed by atoms with van der Waals surface area (Å²) in [5.41, 5.74) is 8.68. The molecule has 1 aliphatic carbocycles. The van der Waals surface area contributed by atoms with Crippen molar-refractivity contribution in [2.24, 2.45) is 5.92 Å². The van der Waals surface area contributed by atoms with Gasteiger partial charge in [0.1, 0.15) is 0 Å². The summed E-state index contributed by atoms with van der Waals surface area (Å²) in [5.74, 6) is 0.677. The van der Waals surface area contributed by atoms with Gasteiger partial charge in [-0.3, -0.25) is 0 Å². The predicted molar refractivity (Wildman–Crippen MR) is 81.6 cm³/mol. The Bertz CT molecular complexity index is 509. The Morgan fingerprint density at radius 1 is 1.17 bits per heavy atom. The van der Waals surface area contributed by atoms with Crippen LogP contribution in [0.15, 0.2) is 23.3 Å². The lowest BCUT2D eigenvalue weighted by Crippen LogP contribution is -2.05. The molecule has 0 heteroatoms. The van der Waals surface area contributed by atoms with Crippen LogP contribution in [0.4, 0.5) is 0 Å². The van der Waals surface area contributed by atoms with Crippen LogP contribution >= 0.6 is 0 Å². The number of hydrogen-bond donors (Lipinski definition) is 0. The quantitative estimate of drug-likeness (QED) is 0.649. The minimum Gasteiger partial charge on any atom is -0.0758 e. The molecular formula is C18H24. The Labute approximate surface area is 111 Å². The molecule has 0 atom stereocenters. The highest BCUT2D eigenvalue weighted by Gasteiger charge is 2.13. The van der Waals surface area contributed by atoms with E-state index in [4.69, 9.17) is 0 Å².